The van der Waals surface area contributed by atoms with Gasteiger partial charge in [0.1, 0.15) is 0 Å². The van der Waals surface area contributed by atoms with Crippen molar-refractivity contribution in [1.82, 2.24) is 0 Å². The molecule has 0 aromatic rings. The monoisotopic (exact) mass is 156 g/mol. The Morgan fingerprint density at radius 3 is 2.00 bits per heavy atom. The average molecular weight is 156 g/mol. The lowest BCUT2D eigenvalue weighted by atomic mass is 10.4. The van der Waals surface area contributed by atoms with Crippen molar-refractivity contribution in [2.24, 2.45) is 0 Å². The van der Waals surface area contributed by atoms with Crippen LogP contribution < -0.4 is 0 Å². The van der Waals surface area contributed by atoms with E-state index < -0.39 is 0 Å². The largest absolute Gasteiger partial charge is 0.0915 e. The highest BCUT2D eigenvalue weighted by molar-refractivity contribution is 6.59. The molecule has 0 aromatic carbocycles. The number of allylic oxidation sites excluding steroid dienone is 2. The van der Waals surface area contributed by atoms with Gasteiger partial charge >= 0.3 is 0 Å². The molecule has 0 amide bonds. The Morgan fingerprint density at radius 2 is 1.60 bits per heavy atom. The van der Waals surface area contributed by atoms with E-state index in [9.17, 15) is 0 Å². The zero-order valence-electron chi connectivity index (χ0n) is 7.56. The minimum Gasteiger partial charge on any atom is -0.0915 e. The van der Waals surface area contributed by atoms with Gasteiger partial charge < -0.3 is 0 Å². The summed E-state index contributed by atoms with van der Waals surface area (Å²) in [7, 11) is -0.311. The van der Waals surface area contributed by atoms with Crippen LogP contribution in [0.25, 0.3) is 0 Å². The van der Waals surface area contributed by atoms with E-state index in [2.05, 4.69) is 32.9 Å². The maximum Gasteiger partial charge on any atom is 0.0400 e. The maximum absolute atomic E-state index is 2.38. The summed E-state index contributed by atoms with van der Waals surface area (Å²) in [5, 5.41) is 0. The van der Waals surface area contributed by atoms with Crippen LogP contribution in [0, 0.1) is 0 Å². The summed E-state index contributed by atoms with van der Waals surface area (Å²) in [4.78, 5) is 0. The summed E-state index contributed by atoms with van der Waals surface area (Å²) in [5.74, 6) is 0. The Kier molecular flexibility index (Phi) is 7.04. The van der Waals surface area contributed by atoms with Gasteiger partial charge in [-0.3, -0.25) is 0 Å². The predicted octanol–water partition coefficient (Wildman–Crippen LogP) is 3.22. The van der Waals surface area contributed by atoms with Crippen LogP contribution in [0.3, 0.4) is 0 Å². The van der Waals surface area contributed by atoms with Crippen molar-refractivity contribution in [3.05, 3.63) is 12.2 Å². The van der Waals surface area contributed by atoms with Crippen molar-refractivity contribution in [2.45, 2.75) is 45.3 Å². The Bertz CT molecular complexity index is 82.7. The predicted molar refractivity (Wildman–Crippen MR) is 52.3 cm³/mol. The Hall–Kier alpha value is -0.0431. The molecule has 0 unspecified atom stereocenters. The fourth-order valence-corrected chi connectivity index (χ4v) is 2.90. The lowest BCUT2D eigenvalue weighted by Crippen LogP contribution is -2.05. The fourth-order valence-electron chi connectivity index (χ4n) is 1.08. The van der Waals surface area contributed by atoms with Crippen molar-refractivity contribution in [3.63, 3.8) is 0 Å². The van der Waals surface area contributed by atoms with E-state index in [0.717, 1.165) is 0 Å². The second kappa shape index (κ2) is 7.07. The van der Waals surface area contributed by atoms with E-state index >= 15 is 0 Å². The highest BCUT2D eigenvalue weighted by atomic mass is 28.3. The Morgan fingerprint density at radius 1 is 1.00 bits per heavy atom. The zero-order valence-corrected chi connectivity index (χ0v) is 8.72. The molecule has 0 heterocycles. The first-order valence-corrected chi connectivity index (χ1v) is 6.95. The van der Waals surface area contributed by atoms with Gasteiger partial charge in [0.25, 0.3) is 0 Å². The van der Waals surface area contributed by atoms with Crippen molar-refractivity contribution in [3.8, 4) is 0 Å². The van der Waals surface area contributed by atoms with E-state index in [-0.39, 0.29) is 8.80 Å². The van der Waals surface area contributed by atoms with Crippen LogP contribution >= 0.6 is 0 Å². The first kappa shape index (κ1) is 9.96. The second-order valence-corrected chi connectivity index (χ2v) is 6.63. The van der Waals surface area contributed by atoms with Crippen LogP contribution in [0.2, 0.25) is 18.1 Å². The van der Waals surface area contributed by atoms with Crippen molar-refractivity contribution >= 4 is 8.80 Å². The van der Waals surface area contributed by atoms with E-state index in [1.54, 1.807) is 0 Å². The average Bonchev–Trinajstić information content (AvgIpc) is 1.99. The van der Waals surface area contributed by atoms with Crippen molar-refractivity contribution in [2.75, 3.05) is 0 Å². The minimum atomic E-state index is -0.311. The third-order valence-corrected chi connectivity index (χ3v) is 5.27. The molecule has 0 aliphatic rings. The summed E-state index contributed by atoms with van der Waals surface area (Å²) >= 11 is 0. The van der Waals surface area contributed by atoms with E-state index in [1.165, 1.54) is 24.6 Å². The van der Waals surface area contributed by atoms with Gasteiger partial charge in [-0.2, -0.15) is 0 Å². The SMILES string of the molecule is CCC=CC[SiH](CC)CC. The molecule has 0 nitrogen and oxygen atoms in total. The molecule has 0 atom stereocenters. The summed E-state index contributed by atoms with van der Waals surface area (Å²) in [6.45, 7) is 6.87. The van der Waals surface area contributed by atoms with Gasteiger partial charge in [-0.05, 0) is 12.5 Å². The van der Waals surface area contributed by atoms with Gasteiger partial charge in [-0.25, -0.2) is 0 Å². The molecule has 1 heteroatoms. The standard InChI is InChI=1S/C9H20Si/c1-4-7-8-9-10(5-2)6-3/h7-8,10H,4-6,9H2,1-3H3. The van der Waals surface area contributed by atoms with Gasteiger partial charge in [0.05, 0.1) is 0 Å². The molecule has 0 bridgehead atoms. The minimum absolute atomic E-state index is 0.311. The van der Waals surface area contributed by atoms with Gasteiger partial charge in [0, 0.05) is 8.80 Å². The third kappa shape index (κ3) is 4.80. The second-order valence-electron chi connectivity index (χ2n) is 2.80. The van der Waals surface area contributed by atoms with E-state index in [0.29, 0.717) is 0 Å². The van der Waals surface area contributed by atoms with Gasteiger partial charge in [-0.1, -0.05) is 45.0 Å². The molecule has 0 saturated carbocycles. The molecule has 0 spiro atoms. The topological polar surface area (TPSA) is 0 Å². The van der Waals surface area contributed by atoms with Crippen LogP contribution in [0.4, 0.5) is 0 Å². The molecule has 0 radical (unpaired) electrons. The lowest BCUT2D eigenvalue weighted by Gasteiger charge is -2.04. The first-order chi connectivity index (χ1) is 4.85. The van der Waals surface area contributed by atoms with Gasteiger partial charge in [0.2, 0.25) is 0 Å². The molecule has 0 aromatic heterocycles. The van der Waals surface area contributed by atoms with E-state index in [1.807, 2.05) is 0 Å². The summed E-state index contributed by atoms with van der Waals surface area (Å²) in [5.41, 5.74) is 0. The number of hydrogen-bond acceptors (Lipinski definition) is 0. The maximum atomic E-state index is 2.38. The Balaban J connectivity index is 3.34. The van der Waals surface area contributed by atoms with Crippen molar-refractivity contribution < 1.29 is 0 Å². The zero-order chi connectivity index (χ0) is 7.82. The fraction of sp³-hybridized carbons (Fsp3) is 0.778. The van der Waals surface area contributed by atoms with Gasteiger partial charge in [0.15, 0.2) is 0 Å². The third-order valence-electron chi connectivity index (χ3n) is 2.03. The van der Waals surface area contributed by atoms with Crippen LogP contribution in [0.5, 0.6) is 0 Å². The molecule has 0 N–H and O–H groups in total. The van der Waals surface area contributed by atoms with Crippen molar-refractivity contribution in [1.29, 1.82) is 0 Å². The van der Waals surface area contributed by atoms with Crippen LogP contribution in [0.15, 0.2) is 12.2 Å². The lowest BCUT2D eigenvalue weighted by molar-refractivity contribution is 1.21. The number of rotatable bonds is 5. The Labute approximate surface area is 66.9 Å². The quantitative estimate of drug-likeness (QED) is 0.423. The van der Waals surface area contributed by atoms with Crippen LogP contribution in [-0.4, -0.2) is 8.80 Å². The number of hydrogen-bond donors (Lipinski definition) is 0. The summed E-state index contributed by atoms with van der Waals surface area (Å²) in [6, 6.07) is 4.34. The van der Waals surface area contributed by atoms with Crippen LogP contribution in [0.1, 0.15) is 27.2 Å². The molecule has 0 aliphatic heterocycles. The summed E-state index contributed by atoms with van der Waals surface area (Å²) in [6.07, 6.45) is 5.88. The molecule has 10 heavy (non-hydrogen) atoms. The molecular formula is C9H20Si. The molecule has 0 aliphatic carbocycles. The van der Waals surface area contributed by atoms with E-state index in [4.69, 9.17) is 0 Å². The van der Waals surface area contributed by atoms with Crippen LogP contribution in [-0.2, 0) is 0 Å². The highest BCUT2D eigenvalue weighted by Gasteiger charge is 2.00. The summed E-state index contributed by atoms with van der Waals surface area (Å²) < 4.78 is 0. The molecule has 60 valence electrons. The first-order valence-electron chi connectivity index (χ1n) is 4.50. The highest BCUT2D eigenvalue weighted by Crippen LogP contribution is 2.05. The molecular weight excluding hydrogens is 136 g/mol. The van der Waals surface area contributed by atoms with Gasteiger partial charge in [-0.15, -0.1) is 0 Å². The molecule has 0 fully saturated rings. The molecule has 0 saturated heterocycles. The molecule has 0 rings (SSSR count). The smallest absolute Gasteiger partial charge is 0.0400 e. The normalized spacial score (nSPS) is 11.6.